The molecule has 0 aliphatic carbocycles. The molecule has 1 fully saturated rings. The average molecular weight is 159 g/mol. The van der Waals surface area contributed by atoms with Crippen LogP contribution in [-0.2, 0) is 0 Å². The lowest BCUT2D eigenvalue weighted by atomic mass is 10.3. The summed E-state index contributed by atoms with van der Waals surface area (Å²) in [4.78, 5) is 2.86. The molecule has 4 heteroatoms. The maximum Gasteiger partial charge on any atom is 0.0870 e. The fourth-order valence-electron chi connectivity index (χ4n) is 1.09. The van der Waals surface area contributed by atoms with E-state index in [2.05, 4.69) is 10.2 Å². The van der Waals surface area contributed by atoms with Crippen molar-refractivity contribution in [3.05, 3.63) is 0 Å². The Kier molecular flexibility index (Phi) is 3.05. The van der Waals surface area contributed by atoms with Gasteiger partial charge in [0.2, 0.25) is 0 Å². The third kappa shape index (κ3) is 2.60. The minimum Gasteiger partial charge on any atom is -0.392 e. The lowest BCUT2D eigenvalue weighted by Gasteiger charge is -2.26. The Bertz CT molecular complexity index is 120. The Balaban J connectivity index is 2.19. The van der Waals surface area contributed by atoms with Crippen molar-refractivity contribution < 1.29 is 0 Å². The number of nitrogens with one attached hydrogen (secondary N) is 1. The SMILES string of the molecule is NC(=S)CN1CCNCC1. The van der Waals surface area contributed by atoms with Crippen molar-refractivity contribution >= 4 is 17.2 Å². The summed E-state index contributed by atoms with van der Waals surface area (Å²) in [6.45, 7) is 5.02. The van der Waals surface area contributed by atoms with Crippen molar-refractivity contribution in [2.45, 2.75) is 0 Å². The van der Waals surface area contributed by atoms with Crippen molar-refractivity contribution in [1.29, 1.82) is 0 Å². The monoisotopic (exact) mass is 159 g/mol. The number of nitrogens with two attached hydrogens (primary N) is 1. The molecule has 0 spiro atoms. The first kappa shape index (κ1) is 7.91. The Morgan fingerprint density at radius 2 is 2.10 bits per heavy atom. The number of nitrogens with zero attached hydrogens (tertiary/aromatic N) is 1. The van der Waals surface area contributed by atoms with E-state index in [0.717, 1.165) is 32.7 Å². The second kappa shape index (κ2) is 3.85. The highest BCUT2D eigenvalue weighted by Gasteiger charge is 2.08. The van der Waals surface area contributed by atoms with Crippen LogP contribution in [0.15, 0.2) is 0 Å². The van der Waals surface area contributed by atoms with Gasteiger partial charge < -0.3 is 11.1 Å². The van der Waals surface area contributed by atoms with E-state index in [0.29, 0.717) is 4.99 Å². The number of rotatable bonds is 2. The van der Waals surface area contributed by atoms with Gasteiger partial charge in [0.05, 0.1) is 4.99 Å². The van der Waals surface area contributed by atoms with Gasteiger partial charge >= 0.3 is 0 Å². The molecular weight excluding hydrogens is 146 g/mol. The van der Waals surface area contributed by atoms with Crippen LogP contribution in [0.4, 0.5) is 0 Å². The summed E-state index contributed by atoms with van der Waals surface area (Å²) >= 11 is 4.79. The smallest absolute Gasteiger partial charge is 0.0870 e. The van der Waals surface area contributed by atoms with Crippen LogP contribution in [0, 0.1) is 0 Å². The van der Waals surface area contributed by atoms with Gasteiger partial charge in [-0.1, -0.05) is 12.2 Å². The van der Waals surface area contributed by atoms with Crippen LogP contribution in [0.25, 0.3) is 0 Å². The molecule has 0 aromatic heterocycles. The van der Waals surface area contributed by atoms with Gasteiger partial charge in [-0.15, -0.1) is 0 Å². The minimum atomic E-state index is 0.599. The van der Waals surface area contributed by atoms with E-state index in [1.807, 2.05) is 0 Å². The maximum atomic E-state index is 5.39. The topological polar surface area (TPSA) is 41.3 Å². The average Bonchev–Trinajstić information content (AvgIpc) is 1.88. The van der Waals surface area contributed by atoms with Crippen LogP contribution >= 0.6 is 12.2 Å². The molecule has 10 heavy (non-hydrogen) atoms. The van der Waals surface area contributed by atoms with Crippen LogP contribution in [0.5, 0.6) is 0 Å². The Morgan fingerprint density at radius 1 is 1.50 bits per heavy atom. The minimum absolute atomic E-state index is 0.599. The Labute approximate surface area is 66.6 Å². The summed E-state index contributed by atoms with van der Waals surface area (Å²) in [5.74, 6) is 0. The molecule has 0 atom stereocenters. The highest BCUT2D eigenvalue weighted by Crippen LogP contribution is 1.90. The van der Waals surface area contributed by atoms with Crippen molar-refractivity contribution in [2.75, 3.05) is 32.7 Å². The van der Waals surface area contributed by atoms with Gasteiger partial charge in [-0.2, -0.15) is 0 Å². The highest BCUT2D eigenvalue weighted by molar-refractivity contribution is 7.80. The molecule has 0 aromatic carbocycles. The second-order valence-corrected chi connectivity index (χ2v) is 3.02. The fourth-order valence-corrected chi connectivity index (χ4v) is 1.27. The Morgan fingerprint density at radius 3 is 2.60 bits per heavy atom. The zero-order valence-corrected chi connectivity index (χ0v) is 6.78. The summed E-state index contributed by atoms with van der Waals surface area (Å²) in [7, 11) is 0. The van der Waals surface area contributed by atoms with Crippen molar-refractivity contribution in [3.63, 3.8) is 0 Å². The predicted octanol–water partition coefficient (Wildman–Crippen LogP) is -0.822. The molecule has 1 heterocycles. The first-order chi connectivity index (χ1) is 4.79. The third-order valence-corrected chi connectivity index (χ3v) is 1.72. The first-order valence-electron chi connectivity index (χ1n) is 3.50. The molecule has 0 amide bonds. The summed E-state index contributed by atoms with van der Waals surface area (Å²) in [5.41, 5.74) is 5.39. The van der Waals surface area contributed by atoms with Crippen LogP contribution < -0.4 is 11.1 Å². The van der Waals surface area contributed by atoms with E-state index in [1.54, 1.807) is 0 Å². The first-order valence-corrected chi connectivity index (χ1v) is 3.91. The van der Waals surface area contributed by atoms with Crippen LogP contribution in [0.2, 0.25) is 0 Å². The largest absolute Gasteiger partial charge is 0.392 e. The lowest BCUT2D eigenvalue weighted by molar-refractivity contribution is 0.272. The zero-order chi connectivity index (χ0) is 7.40. The normalized spacial score (nSPS) is 20.8. The summed E-state index contributed by atoms with van der Waals surface area (Å²) in [6.07, 6.45) is 0. The molecule has 1 aliphatic heterocycles. The van der Waals surface area contributed by atoms with Gasteiger partial charge in [-0.25, -0.2) is 0 Å². The molecule has 3 N–H and O–H groups in total. The Hall–Kier alpha value is -0.190. The van der Waals surface area contributed by atoms with Crippen molar-refractivity contribution in [1.82, 2.24) is 10.2 Å². The van der Waals surface area contributed by atoms with Gasteiger partial charge in [0.25, 0.3) is 0 Å². The van der Waals surface area contributed by atoms with Crippen LogP contribution in [0.3, 0.4) is 0 Å². The molecular formula is C6H13N3S. The molecule has 1 saturated heterocycles. The van der Waals surface area contributed by atoms with Gasteiger partial charge in [-0.05, 0) is 0 Å². The van der Waals surface area contributed by atoms with E-state index >= 15 is 0 Å². The quantitative estimate of drug-likeness (QED) is 0.516. The molecule has 0 unspecified atom stereocenters. The summed E-state index contributed by atoms with van der Waals surface area (Å²) in [6, 6.07) is 0. The zero-order valence-electron chi connectivity index (χ0n) is 5.97. The summed E-state index contributed by atoms with van der Waals surface area (Å²) < 4.78 is 0. The molecule has 0 bridgehead atoms. The van der Waals surface area contributed by atoms with Crippen LogP contribution in [0.1, 0.15) is 0 Å². The fraction of sp³-hybridized carbons (Fsp3) is 0.833. The van der Waals surface area contributed by atoms with E-state index in [4.69, 9.17) is 18.0 Å². The molecule has 0 aromatic rings. The summed E-state index contributed by atoms with van der Waals surface area (Å²) in [5, 5.41) is 3.26. The molecule has 0 saturated carbocycles. The molecule has 3 nitrogen and oxygen atoms in total. The molecule has 1 aliphatic rings. The number of thiocarbonyl (C=S) groups is 1. The third-order valence-electron chi connectivity index (χ3n) is 1.59. The molecule has 58 valence electrons. The van der Waals surface area contributed by atoms with Gasteiger partial charge in [-0.3, -0.25) is 4.90 Å². The van der Waals surface area contributed by atoms with Crippen molar-refractivity contribution in [3.8, 4) is 0 Å². The maximum absolute atomic E-state index is 5.39. The van der Waals surface area contributed by atoms with E-state index in [-0.39, 0.29) is 0 Å². The van der Waals surface area contributed by atoms with Crippen molar-refractivity contribution in [2.24, 2.45) is 5.73 Å². The standard InChI is InChI=1S/C6H13N3S/c7-6(10)5-9-3-1-8-2-4-9/h8H,1-5H2,(H2,7,10). The van der Waals surface area contributed by atoms with E-state index in [1.165, 1.54) is 0 Å². The van der Waals surface area contributed by atoms with Gasteiger partial charge in [0.1, 0.15) is 0 Å². The second-order valence-electron chi connectivity index (χ2n) is 2.49. The lowest BCUT2D eigenvalue weighted by Crippen LogP contribution is -2.46. The predicted molar refractivity (Wildman–Crippen MR) is 46.1 cm³/mol. The van der Waals surface area contributed by atoms with Gasteiger partial charge in [0.15, 0.2) is 0 Å². The number of hydrogen-bond acceptors (Lipinski definition) is 3. The van der Waals surface area contributed by atoms with E-state index < -0.39 is 0 Å². The van der Waals surface area contributed by atoms with Crippen LogP contribution in [-0.4, -0.2) is 42.6 Å². The number of hydrogen-bond donors (Lipinski definition) is 2. The van der Waals surface area contributed by atoms with E-state index in [9.17, 15) is 0 Å². The van der Waals surface area contributed by atoms with Gasteiger partial charge in [0, 0.05) is 32.7 Å². The molecule has 1 rings (SSSR count). The molecule has 0 radical (unpaired) electrons. The highest BCUT2D eigenvalue weighted by atomic mass is 32.1. The number of piperazine rings is 1.